The van der Waals surface area contributed by atoms with Gasteiger partial charge >= 0.3 is 53.9 Å². The summed E-state index contributed by atoms with van der Waals surface area (Å²) in [6, 6.07) is 0. The Morgan fingerprint density at radius 1 is 0.765 bits per heavy atom. The van der Waals surface area contributed by atoms with Crippen molar-refractivity contribution in [2.75, 3.05) is 6.61 Å². The van der Waals surface area contributed by atoms with Gasteiger partial charge in [-0.1, -0.05) is 6.58 Å². The zero-order valence-corrected chi connectivity index (χ0v) is 15.9. The molecule has 0 bridgehead atoms. The van der Waals surface area contributed by atoms with E-state index in [4.69, 9.17) is 5.11 Å². The molecule has 0 aromatic heterocycles. The summed E-state index contributed by atoms with van der Waals surface area (Å²) in [4.78, 5) is 10.7. The van der Waals surface area contributed by atoms with Gasteiger partial charge in [0.05, 0.1) is 6.10 Å². The average Bonchev–Trinajstić information content (AvgIpc) is 2.69. The smallest absolute Gasteiger partial charge is 0.384 e. The van der Waals surface area contributed by atoms with Crippen molar-refractivity contribution in [2.45, 2.75) is 66.8 Å². The Balaban J connectivity index is 6.11. The van der Waals surface area contributed by atoms with E-state index < -0.39 is 79.4 Å². The number of rotatable bonds is 13. The summed E-state index contributed by atoms with van der Waals surface area (Å²) in [6.45, 7) is 1.56. The first kappa shape index (κ1) is 32.0. The Hall–Kier alpha value is -1.95. The highest BCUT2D eigenvalue weighted by Gasteiger charge is 2.93. The third-order valence-electron chi connectivity index (χ3n) is 4.11. The Morgan fingerprint density at radius 3 is 1.53 bits per heavy atom. The third kappa shape index (κ3) is 5.02. The van der Waals surface area contributed by atoms with Crippen LogP contribution >= 0.6 is 0 Å². The Labute approximate surface area is 178 Å². The number of esters is 1. The van der Waals surface area contributed by atoms with Crippen LogP contribution in [0, 0.1) is 0 Å². The van der Waals surface area contributed by atoms with Gasteiger partial charge in [-0.3, -0.25) is 0 Å². The molecule has 0 spiro atoms. The topological polar surface area (TPSA) is 46.5 Å². The van der Waals surface area contributed by atoms with Crippen LogP contribution in [0.5, 0.6) is 0 Å². The van der Waals surface area contributed by atoms with E-state index in [1.54, 1.807) is 0 Å². The van der Waals surface area contributed by atoms with Gasteiger partial charge in [0, 0.05) is 12.5 Å². The highest BCUT2D eigenvalue weighted by Crippen LogP contribution is 2.63. The highest BCUT2D eigenvalue weighted by molar-refractivity contribution is 5.81. The number of hydrogen-bond donors (Lipinski definition) is 1. The molecule has 0 aliphatic carbocycles. The second-order valence-corrected chi connectivity index (χ2v) is 6.53. The van der Waals surface area contributed by atoms with Crippen molar-refractivity contribution in [3.63, 3.8) is 0 Å². The molecule has 0 aliphatic rings. The van der Waals surface area contributed by atoms with Crippen LogP contribution in [-0.4, -0.2) is 71.7 Å². The number of alkyl halides is 16. The molecule has 0 amide bonds. The maximum atomic E-state index is 13.6. The highest BCUT2D eigenvalue weighted by atomic mass is 19.4. The Kier molecular flexibility index (Phi) is 9.05. The van der Waals surface area contributed by atoms with Crippen molar-refractivity contribution < 1.29 is 84.9 Å². The van der Waals surface area contributed by atoms with Crippen LogP contribution in [0.3, 0.4) is 0 Å². The quantitative estimate of drug-likeness (QED) is 0.188. The molecule has 0 heterocycles. The van der Waals surface area contributed by atoms with Crippen LogP contribution in [0.25, 0.3) is 0 Å². The Bertz CT molecular complexity index is 733. The van der Waals surface area contributed by atoms with Gasteiger partial charge in [0.2, 0.25) is 0 Å². The zero-order valence-electron chi connectivity index (χ0n) is 15.9. The largest absolute Gasteiger partial charge is 0.460 e. The van der Waals surface area contributed by atoms with Crippen LogP contribution in [0.2, 0.25) is 0 Å². The van der Waals surface area contributed by atoms with Gasteiger partial charge in [-0.05, 0) is 6.42 Å². The summed E-state index contributed by atoms with van der Waals surface area (Å²) >= 11 is 0. The van der Waals surface area contributed by atoms with Crippen molar-refractivity contribution >= 4 is 5.97 Å². The molecule has 202 valence electrons. The summed E-state index contributed by atoms with van der Waals surface area (Å²) in [5.74, 6) is -56.3. The lowest BCUT2D eigenvalue weighted by atomic mass is 9.88. The molecule has 1 N–H and O–H groups in total. The lowest BCUT2D eigenvalue weighted by Gasteiger charge is -2.42. The van der Waals surface area contributed by atoms with Crippen molar-refractivity contribution in [1.29, 1.82) is 0 Å². The van der Waals surface area contributed by atoms with Crippen molar-refractivity contribution in [2.24, 2.45) is 0 Å². The second-order valence-electron chi connectivity index (χ2n) is 6.53. The first-order valence-electron chi connectivity index (χ1n) is 8.19. The predicted molar refractivity (Wildman–Crippen MR) is 77.0 cm³/mol. The van der Waals surface area contributed by atoms with Gasteiger partial charge in [-0.15, -0.1) is 0 Å². The summed E-state index contributed by atoms with van der Waals surface area (Å²) < 4.78 is 214. The molecule has 0 radical (unpaired) electrons. The summed E-state index contributed by atoms with van der Waals surface area (Å²) in [6.07, 6.45) is -12.4. The molecule has 0 saturated heterocycles. The van der Waals surface area contributed by atoms with Gasteiger partial charge in [-0.2, -0.15) is 61.5 Å². The summed E-state index contributed by atoms with van der Waals surface area (Å²) in [5.41, 5.74) is 0. The fourth-order valence-electron chi connectivity index (χ4n) is 1.99. The molecule has 0 rings (SSSR count). The van der Waals surface area contributed by atoms with Crippen LogP contribution in [-0.2, 0) is 9.53 Å². The molecule has 1 unspecified atom stereocenters. The minimum Gasteiger partial charge on any atom is -0.460 e. The SMILES string of the molecule is C=CC(=O)OCC(O)CCC(F)(F)C(F)(F)C(F)(F)C(F)(F)C(F)(F)C(F)(F)C(F)(F)C(F)F. The first-order valence-corrected chi connectivity index (χ1v) is 8.19. The molecule has 0 aromatic rings. The van der Waals surface area contributed by atoms with Crippen molar-refractivity contribution in [3.05, 3.63) is 12.7 Å². The Morgan fingerprint density at radius 2 is 1.15 bits per heavy atom. The number of carbonyl (C=O) groups excluding carboxylic acids is 1. The molecular weight excluding hydrogens is 532 g/mol. The number of ether oxygens (including phenoxy) is 1. The number of hydrogen-bond acceptors (Lipinski definition) is 3. The van der Waals surface area contributed by atoms with Crippen molar-refractivity contribution in [3.8, 4) is 0 Å². The molecular formula is C15H12F16O3. The second kappa shape index (κ2) is 9.60. The van der Waals surface area contributed by atoms with E-state index in [1.165, 1.54) is 0 Å². The lowest BCUT2D eigenvalue weighted by Crippen LogP contribution is -2.73. The number of halogens is 16. The van der Waals surface area contributed by atoms with Crippen LogP contribution in [0.4, 0.5) is 70.2 Å². The van der Waals surface area contributed by atoms with E-state index in [-0.39, 0.29) is 0 Å². The fourth-order valence-corrected chi connectivity index (χ4v) is 1.99. The van der Waals surface area contributed by atoms with Crippen LogP contribution in [0.15, 0.2) is 12.7 Å². The summed E-state index contributed by atoms with van der Waals surface area (Å²) in [7, 11) is 0. The normalized spacial score (nSPS) is 15.9. The molecule has 0 saturated carbocycles. The van der Waals surface area contributed by atoms with E-state index in [9.17, 15) is 75.0 Å². The number of carbonyl (C=O) groups is 1. The van der Waals surface area contributed by atoms with Gasteiger partial charge in [-0.25, -0.2) is 13.6 Å². The molecule has 0 aliphatic heterocycles. The van der Waals surface area contributed by atoms with Crippen LogP contribution in [0.1, 0.15) is 12.8 Å². The number of aliphatic hydroxyl groups is 1. The van der Waals surface area contributed by atoms with E-state index >= 15 is 0 Å². The molecule has 19 heteroatoms. The molecule has 0 fully saturated rings. The fraction of sp³-hybridized carbons (Fsp3) is 0.800. The molecule has 3 nitrogen and oxygen atoms in total. The molecule has 34 heavy (non-hydrogen) atoms. The van der Waals surface area contributed by atoms with Gasteiger partial charge in [0.25, 0.3) is 0 Å². The standard InChI is InChI=1S/C15H12F16O3/c1-2-7(33)34-5-6(32)3-4-9(18,19)11(22,23)13(26,27)15(30,31)14(28,29)12(24,25)10(20,21)8(16)17/h2,6,8,32H,1,3-5H2. The molecule has 1 atom stereocenters. The van der Waals surface area contributed by atoms with Gasteiger partial charge in [0.1, 0.15) is 6.61 Å². The first-order chi connectivity index (χ1) is 14.8. The number of aliphatic hydroxyl groups excluding tert-OH is 1. The predicted octanol–water partition coefficient (Wildman–Crippen LogP) is 5.57. The van der Waals surface area contributed by atoms with Gasteiger partial charge in [0.15, 0.2) is 0 Å². The minimum absolute atomic E-state index is 0.450. The lowest BCUT2D eigenvalue weighted by molar-refractivity contribution is -0.447. The maximum absolute atomic E-state index is 13.6. The van der Waals surface area contributed by atoms with Crippen LogP contribution < -0.4 is 0 Å². The van der Waals surface area contributed by atoms with E-state index in [1.807, 2.05) is 0 Å². The third-order valence-corrected chi connectivity index (χ3v) is 4.11. The van der Waals surface area contributed by atoms with Crippen molar-refractivity contribution in [1.82, 2.24) is 0 Å². The van der Waals surface area contributed by atoms with E-state index in [0.29, 0.717) is 6.08 Å². The zero-order chi connectivity index (χ0) is 27.8. The minimum atomic E-state index is -8.47. The summed E-state index contributed by atoms with van der Waals surface area (Å²) in [5, 5.41) is 9.16. The van der Waals surface area contributed by atoms with E-state index in [0.717, 1.165) is 0 Å². The van der Waals surface area contributed by atoms with Gasteiger partial charge < -0.3 is 9.84 Å². The average molecular weight is 544 g/mol. The maximum Gasteiger partial charge on any atom is 0.384 e. The van der Waals surface area contributed by atoms with E-state index in [2.05, 4.69) is 11.3 Å². The molecule has 0 aromatic carbocycles. The monoisotopic (exact) mass is 544 g/mol.